The van der Waals surface area contributed by atoms with Gasteiger partial charge in [0.2, 0.25) is 5.91 Å². The monoisotopic (exact) mass is 240 g/mol. The Morgan fingerprint density at radius 3 is 2.67 bits per heavy atom. The van der Waals surface area contributed by atoms with Crippen molar-refractivity contribution < 1.29 is 4.79 Å². The number of nitriles is 1. The normalized spacial score (nSPS) is 26.9. The van der Waals surface area contributed by atoms with Crippen LogP contribution in [0.4, 0.5) is 0 Å². The second kappa shape index (κ2) is 4.45. The van der Waals surface area contributed by atoms with Crippen LogP contribution >= 0.6 is 0 Å². The number of hydrogen-bond acceptors (Lipinski definition) is 2. The Balaban J connectivity index is 1.81. The van der Waals surface area contributed by atoms with Gasteiger partial charge in [-0.3, -0.25) is 4.79 Å². The van der Waals surface area contributed by atoms with Gasteiger partial charge in [0.15, 0.2) is 0 Å². The highest BCUT2D eigenvalue weighted by Crippen LogP contribution is 2.38. The third-order valence-corrected chi connectivity index (χ3v) is 4.20. The van der Waals surface area contributed by atoms with E-state index in [0.29, 0.717) is 12.0 Å². The zero-order valence-corrected chi connectivity index (χ0v) is 10.2. The summed E-state index contributed by atoms with van der Waals surface area (Å²) in [6, 6.07) is 11.9. The Bertz CT molecular complexity index is 491. The number of fused-ring (bicyclic) bond motifs is 2. The molecule has 0 radical (unpaired) electrons. The molecule has 1 amide bonds. The van der Waals surface area contributed by atoms with Gasteiger partial charge < -0.3 is 4.90 Å². The van der Waals surface area contributed by atoms with Crippen LogP contribution in [0.15, 0.2) is 30.3 Å². The maximum Gasteiger partial charge on any atom is 0.244 e. The van der Waals surface area contributed by atoms with Crippen LogP contribution in [0.2, 0.25) is 0 Å². The van der Waals surface area contributed by atoms with Crippen molar-refractivity contribution in [2.45, 2.75) is 31.2 Å². The fourth-order valence-electron chi connectivity index (χ4n) is 3.28. The van der Waals surface area contributed by atoms with Gasteiger partial charge in [-0.15, -0.1) is 0 Å². The van der Waals surface area contributed by atoms with Crippen LogP contribution in [-0.2, 0) is 4.79 Å². The molecule has 1 saturated heterocycles. The molecule has 1 aliphatic carbocycles. The van der Waals surface area contributed by atoms with Crippen molar-refractivity contribution in [3.8, 4) is 6.07 Å². The summed E-state index contributed by atoms with van der Waals surface area (Å²) < 4.78 is 0. The number of likely N-dealkylation sites (tertiary alicyclic amines) is 1. The van der Waals surface area contributed by atoms with Crippen molar-refractivity contribution in [2.75, 3.05) is 6.54 Å². The molecule has 3 atom stereocenters. The first-order chi connectivity index (χ1) is 8.79. The van der Waals surface area contributed by atoms with E-state index < -0.39 is 5.92 Å². The number of nitrogens with zero attached hydrogens (tertiary/aromatic N) is 2. The van der Waals surface area contributed by atoms with Gasteiger partial charge >= 0.3 is 0 Å². The molecule has 3 rings (SSSR count). The lowest BCUT2D eigenvalue weighted by atomic mass is 9.98. The average molecular weight is 240 g/mol. The summed E-state index contributed by atoms with van der Waals surface area (Å²) in [4.78, 5) is 14.4. The van der Waals surface area contributed by atoms with Crippen LogP contribution in [0.1, 0.15) is 30.7 Å². The first-order valence-electron chi connectivity index (χ1n) is 6.54. The summed E-state index contributed by atoms with van der Waals surface area (Å²) >= 11 is 0. The maximum atomic E-state index is 12.5. The van der Waals surface area contributed by atoms with E-state index in [2.05, 4.69) is 6.07 Å². The molecule has 2 fully saturated rings. The Morgan fingerprint density at radius 2 is 2.11 bits per heavy atom. The van der Waals surface area contributed by atoms with Gasteiger partial charge in [0.05, 0.1) is 6.07 Å². The molecule has 3 nitrogen and oxygen atoms in total. The molecule has 3 unspecified atom stereocenters. The van der Waals surface area contributed by atoms with E-state index in [-0.39, 0.29) is 5.91 Å². The minimum Gasteiger partial charge on any atom is -0.338 e. The van der Waals surface area contributed by atoms with E-state index in [4.69, 9.17) is 0 Å². The second-order valence-corrected chi connectivity index (χ2v) is 5.30. The van der Waals surface area contributed by atoms with Crippen LogP contribution in [0, 0.1) is 17.2 Å². The molecule has 2 aliphatic rings. The van der Waals surface area contributed by atoms with E-state index in [1.807, 2.05) is 35.2 Å². The Labute approximate surface area is 107 Å². The molecule has 0 spiro atoms. The lowest BCUT2D eigenvalue weighted by molar-refractivity contribution is -0.133. The van der Waals surface area contributed by atoms with Crippen molar-refractivity contribution in [2.24, 2.45) is 5.92 Å². The number of benzene rings is 1. The highest BCUT2D eigenvalue weighted by molar-refractivity contribution is 5.87. The molecule has 0 aromatic heterocycles. The standard InChI is InChI=1S/C15H16N2O/c16-9-14(12-4-2-1-3-5-12)15(18)17-10-11-6-7-13(17)8-11/h1-5,11,13-14H,6-8,10H2. The van der Waals surface area contributed by atoms with E-state index in [9.17, 15) is 10.1 Å². The number of amides is 1. The Morgan fingerprint density at radius 1 is 1.33 bits per heavy atom. The van der Waals surface area contributed by atoms with Gasteiger partial charge in [0.1, 0.15) is 5.92 Å². The number of hydrogen-bond donors (Lipinski definition) is 0. The lowest BCUT2D eigenvalue weighted by Crippen LogP contribution is -2.40. The molecule has 2 bridgehead atoms. The first-order valence-corrected chi connectivity index (χ1v) is 6.54. The van der Waals surface area contributed by atoms with Crippen molar-refractivity contribution in [3.05, 3.63) is 35.9 Å². The number of carbonyl (C=O) groups excluding carboxylic acids is 1. The Hall–Kier alpha value is -1.82. The van der Waals surface area contributed by atoms with Crippen molar-refractivity contribution in [1.29, 1.82) is 5.26 Å². The zero-order valence-electron chi connectivity index (χ0n) is 10.2. The van der Waals surface area contributed by atoms with E-state index in [1.165, 1.54) is 6.42 Å². The summed E-state index contributed by atoms with van der Waals surface area (Å²) in [5.41, 5.74) is 0.813. The smallest absolute Gasteiger partial charge is 0.244 e. The predicted molar refractivity (Wildman–Crippen MR) is 67.6 cm³/mol. The number of carbonyl (C=O) groups is 1. The molecule has 92 valence electrons. The molecule has 1 heterocycles. The molecule has 1 saturated carbocycles. The minimum absolute atomic E-state index is 0.00380. The third kappa shape index (κ3) is 1.78. The topological polar surface area (TPSA) is 44.1 Å². The van der Waals surface area contributed by atoms with E-state index >= 15 is 0 Å². The second-order valence-electron chi connectivity index (χ2n) is 5.30. The van der Waals surface area contributed by atoms with Crippen LogP contribution in [-0.4, -0.2) is 23.4 Å². The van der Waals surface area contributed by atoms with Gasteiger partial charge in [-0.2, -0.15) is 5.26 Å². The summed E-state index contributed by atoms with van der Waals surface area (Å²) in [7, 11) is 0. The third-order valence-electron chi connectivity index (χ3n) is 4.20. The molecule has 3 heteroatoms. The van der Waals surface area contributed by atoms with Crippen LogP contribution in [0.5, 0.6) is 0 Å². The molecule has 1 aromatic rings. The average Bonchev–Trinajstić information content (AvgIpc) is 3.03. The molecule has 1 aliphatic heterocycles. The molecule has 1 aromatic carbocycles. The highest BCUT2D eigenvalue weighted by Gasteiger charge is 2.42. The van der Waals surface area contributed by atoms with Crippen molar-refractivity contribution in [1.82, 2.24) is 4.90 Å². The van der Waals surface area contributed by atoms with Crippen LogP contribution in [0.3, 0.4) is 0 Å². The van der Waals surface area contributed by atoms with Crippen LogP contribution in [0.25, 0.3) is 0 Å². The number of piperidine rings is 1. The van der Waals surface area contributed by atoms with Gasteiger partial charge in [-0.05, 0) is 30.7 Å². The van der Waals surface area contributed by atoms with Gasteiger partial charge in [-0.25, -0.2) is 0 Å². The van der Waals surface area contributed by atoms with E-state index in [0.717, 1.165) is 24.9 Å². The van der Waals surface area contributed by atoms with Gasteiger partial charge in [0.25, 0.3) is 0 Å². The van der Waals surface area contributed by atoms with Crippen molar-refractivity contribution in [3.63, 3.8) is 0 Å². The largest absolute Gasteiger partial charge is 0.338 e. The zero-order chi connectivity index (χ0) is 12.5. The SMILES string of the molecule is N#CC(C(=O)N1CC2CCC1C2)c1ccccc1. The summed E-state index contributed by atoms with van der Waals surface area (Å²) in [6.45, 7) is 0.856. The molecular formula is C15H16N2O. The summed E-state index contributed by atoms with van der Waals surface area (Å²) in [5.74, 6) is 0.0375. The summed E-state index contributed by atoms with van der Waals surface area (Å²) in [6.07, 6.45) is 3.50. The lowest BCUT2D eigenvalue weighted by Gasteiger charge is -2.28. The van der Waals surface area contributed by atoms with Gasteiger partial charge in [0, 0.05) is 12.6 Å². The molecular weight excluding hydrogens is 224 g/mol. The Kier molecular flexibility index (Phi) is 2.79. The maximum absolute atomic E-state index is 12.5. The van der Waals surface area contributed by atoms with Crippen LogP contribution < -0.4 is 0 Å². The first kappa shape index (κ1) is 11.3. The fourth-order valence-corrected chi connectivity index (χ4v) is 3.28. The minimum atomic E-state index is -0.634. The number of rotatable bonds is 2. The fraction of sp³-hybridized carbons (Fsp3) is 0.467. The molecule has 0 N–H and O–H groups in total. The molecule has 18 heavy (non-hydrogen) atoms. The summed E-state index contributed by atoms with van der Waals surface area (Å²) in [5, 5.41) is 9.28. The van der Waals surface area contributed by atoms with Gasteiger partial charge in [-0.1, -0.05) is 30.3 Å². The van der Waals surface area contributed by atoms with E-state index in [1.54, 1.807) is 0 Å². The van der Waals surface area contributed by atoms with Crippen molar-refractivity contribution >= 4 is 5.91 Å². The highest BCUT2D eigenvalue weighted by atomic mass is 16.2. The quantitative estimate of drug-likeness (QED) is 0.796. The predicted octanol–water partition coefficient (Wildman–Crippen LogP) is 2.30.